The van der Waals surface area contributed by atoms with Crippen LogP contribution in [-0.2, 0) is 14.3 Å². The van der Waals surface area contributed by atoms with E-state index in [1.165, 1.54) is 89.9 Å². The summed E-state index contributed by atoms with van der Waals surface area (Å²) in [5.41, 5.74) is 0. The van der Waals surface area contributed by atoms with Gasteiger partial charge in [0.1, 0.15) is 0 Å². The molecule has 33 heavy (non-hydrogen) atoms. The van der Waals surface area contributed by atoms with Gasteiger partial charge in [0.2, 0.25) is 0 Å². The lowest BCUT2D eigenvalue weighted by molar-refractivity contribution is -0.148. The molecule has 198 valence electrons. The molecule has 0 rings (SSSR count). The zero-order chi connectivity index (χ0) is 24.2. The van der Waals surface area contributed by atoms with Crippen LogP contribution < -0.4 is 0 Å². The molecule has 0 aromatic heterocycles. The van der Waals surface area contributed by atoms with Crippen molar-refractivity contribution in [3.05, 3.63) is 0 Å². The largest absolute Gasteiger partial charge is 0.481 e. The highest BCUT2D eigenvalue weighted by Gasteiger charge is 2.09. The predicted molar refractivity (Wildman–Crippen MR) is 141 cm³/mol. The topological polar surface area (TPSA) is 55.8 Å². The summed E-state index contributed by atoms with van der Waals surface area (Å²) >= 11 is 0. The minimum absolute atomic E-state index is 0.0573. The Balaban J connectivity index is 3.87. The van der Waals surface area contributed by atoms with Crippen molar-refractivity contribution in [1.29, 1.82) is 0 Å². The number of unbranched alkanes of at least 4 members (excludes halogenated alkanes) is 18. The van der Waals surface area contributed by atoms with Crippen LogP contribution >= 0.6 is 0 Å². The maximum Gasteiger partial charge on any atom is 0.303 e. The van der Waals surface area contributed by atoms with Gasteiger partial charge >= 0.3 is 5.97 Å². The van der Waals surface area contributed by atoms with Crippen LogP contribution in [-0.4, -0.2) is 30.6 Å². The van der Waals surface area contributed by atoms with Crippen molar-refractivity contribution >= 4 is 5.97 Å². The molecule has 0 bridgehead atoms. The number of carboxylic acids is 1. The number of ether oxygens (including phenoxy) is 2. The van der Waals surface area contributed by atoms with Crippen LogP contribution in [0.25, 0.3) is 0 Å². The van der Waals surface area contributed by atoms with Crippen LogP contribution in [0.2, 0.25) is 0 Å². The Morgan fingerprint density at radius 3 is 1.33 bits per heavy atom. The first-order valence-electron chi connectivity index (χ1n) is 14.7. The van der Waals surface area contributed by atoms with Crippen molar-refractivity contribution in [2.24, 2.45) is 0 Å². The van der Waals surface area contributed by atoms with E-state index in [4.69, 9.17) is 14.6 Å². The van der Waals surface area contributed by atoms with Crippen LogP contribution in [0.3, 0.4) is 0 Å². The minimum Gasteiger partial charge on any atom is -0.481 e. The van der Waals surface area contributed by atoms with Crippen molar-refractivity contribution in [1.82, 2.24) is 0 Å². The van der Waals surface area contributed by atoms with Crippen LogP contribution in [0.15, 0.2) is 0 Å². The van der Waals surface area contributed by atoms with E-state index in [9.17, 15) is 4.79 Å². The Morgan fingerprint density at radius 1 is 0.545 bits per heavy atom. The molecule has 0 saturated carbocycles. The van der Waals surface area contributed by atoms with E-state index in [-0.39, 0.29) is 6.29 Å². The highest BCUT2D eigenvalue weighted by Crippen LogP contribution is 2.15. The van der Waals surface area contributed by atoms with Gasteiger partial charge in [0.15, 0.2) is 6.29 Å². The summed E-state index contributed by atoms with van der Waals surface area (Å²) in [6, 6.07) is 0. The monoisotopic (exact) mass is 470 g/mol. The second-order valence-electron chi connectivity index (χ2n) is 9.82. The number of aliphatic carboxylic acids is 1. The van der Waals surface area contributed by atoms with Gasteiger partial charge in [-0.1, -0.05) is 123 Å². The molecule has 4 heteroatoms. The molecule has 0 heterocycles. The summed E-state index contributed by atoms with van der Waals surface area (Å²) in [4.78, 5) is 10.6. The van der Waals surface area contributed by atoms with Gasteiger partial charge in [-0.25, -0.2) is 0 Å². The van der Waals surface area contributed by atoms with Gasteiger partial charge in [-0.2, -0.15) is 0 Å². The molecule has 0 amide bonds. The first-order valence-corrected chi connectivity index (χ1v) is 14.7. The van der Waals surface area contributed by atoms with E-state index >= 15 is 0 Å². The van der Waals surface area contributed by atoms with Crippen molar-refractivity contribution < 1.29 is 19.4 Å². The van der Waals surface area contributed by atoms with Gasteiger partial charge in [0, 0.05) is 19.6 Å². The molecule has 0 spiro atoms. The Labute approximate surface area is 206 Å². The highest BCUT2D eigenvalue weighted by atomic mass is 16.7. The SMILES string of the molecule is CCCCCCCCCCOC(CCCCCCCC(=O)O)OCCCCCCCCCC. The van der Waals surface area contributed by atoms with E-state index < -0.39 is 5.97 Å². The lowest BCUT2D eigenvalue weighted by Crippen LogP contribution is -2.19. The Hall–Kier alpha value is -0.610. The van der Waals surface area contributed by atoms with Gasteiger partial charge in [0.05, 0.1) is 0 Å². The van der Waals surface area contributed by atoms with Crippen LogP contribution in [0, 0.1) is 0 Å². The Kier molecular flexibility index (Phi) is 27.1. The molecule has 0 aliphatic carbocycles. The second kappa shape index (κ2) is 27.6. The van der Waals surface area contributed by atoms with Gasteiger partial charge in [-0.05, 0) is 32.1 Å². The maximum atomic E-state index is 10.6. The quantitative estimate of drug-likeness (QED) is 0.0913. The van der Waals surface area contributed by atoms with E-state index in [0.29, 0.717) is 6.42 Å². The van der Waals surface area contributed by atoms with Gasteiger partial charge < -0.3 is 14.6 Å². The smallest absolute Gasteiger partial charge is 0.303 e. The van der Waals surface area contributed by atoms with Gasteiger partial charge in [0.25, 0.3) is 0 Å². The van der Waals surface area contributed by atoms with Crippen LogP contribution in [0.1, 0.15) is 162 Å². The molecule has 0 aliphatic heterocycles. The molecule has 0 aromatic carbocycles. The molecule has 1 N–H and O–H groups in total. The number of carboxylic acid groups (broad SMARTS) is 1. The molecule has 0 saturated heterocycles. The third-order valence-corrected chi connectivity index (χ3v) is 6.43. The molecular formula is C29H58O4. The van der Waals surface area contributed by atoms with Crippen LogP contribution in [0.4, 0.5) is 0 Å². The first-order chi connectivity index (χ1) is 16.2. The summed E-state index contributed by atoms with van der Waals surface area (Å²) in [6.45, 7) is 6.17. The van der Waals surface area contributed by atoms with Crippen molar-refractivity contribution in [3.8, 4) is 0 Å². The minimum atomic E-state index is -0.682. The molecule has 4 nitrogen and oxygen atoms in total. The molecule has 0 aliphatic rings. The highest BCUT2D eigenvalue weighted by molar-refractivity contribution is 5.66. The molecule has 0 radical (unpaired) electrons. The van der Waals surface area contributed by atoms with Crippen molar-refractivity contribution in [2.45, 2.75) is 168 Å². The van der Waals surface area contributed by atoms with E-state index in [0.717, 1.165) is 64.6 Å². The summed E-state index contributed by atoms with van der Waals surface area (Å²) in [5.74, 6) is -0.682. The van der Waals surface area contributed by atoms with Gasteiger partial charge in [-0.3, -0.25) is 4.79 Å². The summed E-state index contributed by atoms with van der Waals surface area (Å²) in [6.07, 6.45) is 27.5. The van der Waals surface area contributed by atoms with E-state index in [2.05, 4.69) is 13.8 Å². The fourth-order valence-corrected chi connectivity index (χ4v) is 4.23. The van der Waals surface area contributed by atoms with Gasteiger partial charge in [-0.15, -0.1) is 0 Å². The molecule has 0 fully saturated rings. The third kappa shape index (κ3) is 27.5. The number of hydrogen-bond acceptors (Lipinski definition) is 3. The predicted octanol–water partition coefficient (Wildman–Crippen LogP) is 9.44. The van der Waals surface area contributed by atoms with Crippen LogP contribution in [0.5, 0.6) is 0 Å². The standard InChI is InChI=1S/C29H58O4/c1-3-5-7-9-11-13-18-22-26-32-29(25-21-17-15-16-20-24-28(30)31)33-27-23-19-14-12-10-8-6-4-2/h29H,3-27H2,1-2H3,(H,30,31). The molecule has 0 aromatic rings. The molecule has 0 atom stereocenters. The van der Waals surface area contributed by atoms with Crippen molar-refractivity contribution in [2.75, 3.05) is 13.2 Å². The lowest BCUT2D eigenvalue weighted by Gasteiger charge is -2.19. The first kappa shape index (κ1) is 32.4. The number of carbonyl (C=O) groups is 1. The number of hydrogen-bond donors (Lipinski definition) is 1. The fourth-order valence-electron chi connectivity index (χ4n) is 4.23. The average Bonchev–Trinajstić information content (AvgIpc) is 2.80. The third-order valence-electron chi connectivity index (χ3n) is 6.43. The normalized spacial score (nSPS) is 11.5. The molecule has 0 unspecified atom stereocenters. The number of rotatable bonds is 28. The van der Waals surface area contributed by atoms with Crippen molar-refractivity contribution in [3.63, 3.8) is 0 Å². The maximum absolute atomic E-state index is 10.6. The zero-order valence-electron chi connectivity index (χ0n) is 22.4. The summed E-state index contributed by atoms with van der Waals surface area (Å²) in [5, 5.41) is 8.73. The van der Waals surface area contributed by atoms with E-state index in [1.807, 2.05) is 0 Å². The fraction of sp³-hybridized carbons (Fsp3) is 0.966. The lowest BCUT2D eigenvalue weighted by atomic mass is 10.1. The molecular weight excluding hydrogens is 412 g/mol. The zero-order valence-corrected chi connectivity index (χ0v) is 22.4. The Morgan fingerprint density at radius 2 is 0.909 bits per heavy atom. The summed E-state index contributed by atoms with van der Waals surface area (Å²) < 4.78 is 12.2. The summed E-state index contributed by atoms with van der Waals surface area (Å²) in [7, 11) is 0. The second-order valence-corrected chi connectivity index (χ2v) is 9.82. The average molecular weight is 471 g/mol. The Bertz CT molecular complexity index is 364. The van der Waals surface area contributed by atoms with E-state index in [1.54, 1.807) is 0 Å².